The maximum Gasteiger partial charge on any atom is 0.220 e. The van der Waals surface area contributed by atoms with Gasteiger partial charge in [0, 0.05) is 27.0 Å². The topological polar surface area (TPSA) is 78.1 Å². The van der Waals surface area contributed by atoms with Crippen molar-refractivity contribution in [2.45, 2.75) is 97.8 Å². The van der Waals surface area contributed by atoms with E-state index >= 15 is 0 Å². The Balaban J connectivity index is 1.05. The average molecular weight is 1360 g/mol. The number of nitrogens with zero attached hydrogens (tertiary/aromatic N) is 9. The lowest BCUT2D eigenvalue weighted by Gasteiger charge is -2.29. The lowest BCUT2D eigenvalue weighted by atomic mass is 9.74. The Labute approximate surface area is 609 Å². The Morgan fingerprint density at radius 1 is 0.314 bits per heavy atom. The van der Waals surface area contributed by atoms with Crippen molar-refractivity contribution < 1.29 is 0 Å². The lowest BCUT2D eigenvalue weighted by molar-refractivity contribution is 0.590. The van der Waals surface area contributed by atoms with Crippen LogP contribution in [0.15, 0.2) is 267 Å². The van der Waals surface area contributed by atoms with Gasteiger partial charge in [0.25, 0.3) is 0 Å². The van der Waals surface area contributed by atoms with Gasteiger partial charge in [0.1, 0.15) is 11.6 Å². The van der Waals surface area contributed by atoms with Crippen molar-refractivity contribution in [3.05, 3.63) is 300 Å². The van der Waals surface area contributed by atoms with Crippen LogP contribution in [0.4, 0.5) is 0 Å². The van der Waals surface area contributed by atoms with Crippen molar-refractivity contribution in [3.63, 3.8) is 0 Å². The van der Waals surface area contributed by atoms with Crippen molar-refractivity contribution in [3.8, 4) is 73.3 Å². The van der Waals surface area contributed by atoms with Gasteiger partial charge in [-0.15, -0.1) is 0 Å². The Morgan fingerprint density at radius 3 is 1.10 bits per heavy atom. The SMILES string of the molecule is CC(C)(C)c1ccc2c(c1)c1cc(C(C)(C)C)ccc1n2-c1cc2c(c(C#N)c1-n1c3ccc(-c4ccccc4)cc3n3c4cc(-c5ccccc5)ccc4nc13)-n1c3ccc(cc3n3c4cc(-c5ccccc5)ccc4nc13)-c1ccccc1C(C)(C)c1ccc3c(c1)c1cc(C(C)(C)C)ccc1n3-2. The van der Waals surface area contributed by atoms with Crippen molar-refractivity contribution in [1.82, 2.24) is 37.0 Å². The summed E-state index contributed by atoms with van der Waals surface area (Å²) in [5.74, 6) is 1.34. The van der Waals surface area contributed by atoms with Gasteiger partial charge in [0.05, 0.1) is 88.9 Å². The first-order valence-corrected chi connectivity index (χ1v) is 36.7. The molecule has 105 heavy (non-hydrogen) atoms. The second-order valence-electron chi connectivity index (χ2n) is 32.7. The summed E-state index contributed by atoms with van der Waals surface area (Å²) in [6, 6.07) is 102. The maximum absolute atomic E-state index is 13.6. The average Bonchev–Trinajstić information content (AvgIpc) is 1.54. The van der Waals surface area contributed by atoms with Gasteiger partial charge in [-0.1, -0.05) is 240 Å². The standard InChI is InChI=1S/C96H77N9/c1-93(2,3)64-35-43-77-69(51-64)70-52-65(94(4,5)6)36-44-78(70)100(77)87-55-88-90(73(56-97)89(87)104-81-41-33-62(59-27-19-14-20-28-59)49-85(81)102-83-47-60(57-23-15-12-16-24-57)31-39-75(83)98-91(102)104)105-82-42-34-63(50-86(82)103-84-48-61(58-25-17-13-18-26-58)32-40-76(84)99-92(103)105)68-29-21-22-30-74(68)96(10,11)67-38-46-80-72(54-67)71-53-66(95(7,8)9)37-45-79(71)101(80)88/h12-55H,1-11H3. The molecule has 0 fully saturated rings. The van der Waals surface area contributed by atoms with E-state index in [9.17, 15) is 5.26 Å². The smallest absolute Gasteiger partial charge is 0.220 e. The van der Waals surface area contributed by atoms with E-state index in [2.05, 4.69) is 376 Å². The van der Waals surface area contributed by atoms with Gasteiger partial charge < -0.3 is 9.13 Å². The third-order valence-electron chi connectivity index (χ3n) is 22.9. The van der Waals surface area contributed by atoms with Crippen LogP contribution in [0.25, 0.3) is 167 Å². The Kier molecular flexibility index (Phi) is 13.1. The zero-order valence-electron chi connectivity index (χ0n) is 60.9. The molecule has 6 aromatic heterocycles. The normalized spacial score (nSPS) is 13.4. The van der Waals surface area contributed by atoms with Crippen LogP contribution in [0.1, 0.15) is 110 Å². The number of rotatable bonds is 5. The van der Waals surface area contributed by atoms with E-state index < -0.39 is 5.41 Å². The van der Waals surface area contributed by atoms with E-state index in [-0.39, 0.29) is 16.2 Å². The van der Waals surface area contributed by atoms with Gasteiger partial charge in [-0.3, -0.25) is 17.9 Å². The fraction of sp³-hybridized carbons (Fsp3) is 0.156. The van der Waals surface area contributed by atoms with Crippen molar-refractivity contribution in [2.75, 3.05) is 0 Å². The van der Waals surface area contributed by atoms with Crippen molar-refractivity contribution in [2.24, 2.45) is 0 Å². The molecule has 0 spiro atoms. The molecule has 4 aliphatic rings. The quantitative estimate of drug-likeness (QED) is 0.172. The summed E-state index contributed by atoms with van der Waals surface area (Å²) in [4.78, 5) is 11.7. The summed E-state index contributed by atoms with van der Waals surface area (Å²) in [5, 5.41) is 18.1. The Bertz CT molecular complexity index is 6900. The highest BCUT2D eigenvalue weighted by molar-refractivity contribution is 6.13. The molecule has 9 heteroatoms. The zero-order valence-corrected chi connectivity index (χ0v) is 60.9. The van der Waals surface area contributed by atoms with E-state index in [0.29, 0.717) is 28.5 Å². The van der Waals surface area contributed by atoms with Crippen LogP contribution in [0.3, 0.4) is 0 Å². The second kappa shape index (κ2) is 22.0. The van der Waals surface area contributed by atoms with E-state index in [1.54, 1.807) is 0 Å². The minimum atomic E-state index is -0.471. The van der Waals surface area contributed by atoms with E-state index in [1.165, 1.54) is 27.8 Å². The fourth-order valence-corrected chi connectivity index (χ4v) is 17.3. The number of imidazole rings is 4. The first kappa shape index (κ1) is 62.3. The first-order valence-electron chi connectivity index (χ1n) is 36.7. The molecule has 13 aromatic carbocycles. The van der Waals surface area contributed by atoms with Crippen molar-refractivity contribution in [1.29, 1.82) is 5.26 Å². The summed E-state index contributed by atoms with van der Waals surface area (Å²) < 4.78 is 14.3. The van der Waals surface area contributed by atoms with Crippen LogP contribution in [-0.4, -0.2) is 37.0 Å². The predicted molar refractivity (Wildman–Crippen MR) is 436 cm³/mol. The molecule has 23 rings (SSSR count). The van der Waals surface area contributed by atoms with Crippen LogP contribution in [0.2, 0.25) is 0 Å². The van der Waals surface area contributed by atoms with E-state index in [0.717, 1.165) is 144 Å². The first-order chi connectivity index (χ1) is 50.7. The number of hydrogen-bond donors (Lipinski definition) is 0. The number of nitriles is 1. The monoisotopic (exact) mass is 1360 g/mol. The molecule has 0 atom stereocenters. The highest BCUT2D eigenvalue weighted by atomic mass is 15.3. The molecule has 4 aliphatic heterocycles. The molecule has 0 amide bonds. The van der Waals surface area contributed by atoms with Crippen LogP contribution in [0.5, 0.6) is 0 Å². The molecule has 8 bridgehead atoms. The number of fused-ring (bicyclic) bond motifs is 12. The minimum absolute atomic E-state index is 0.164. The van der Waals surface area contributed by atoms with Gasteiger partial charge in [-0.25, -0.2) is 9.97 Å². The fourth-order valence-electron chi connectivity index (χ4n) is 17.3. The van der Waals surface area contributed by atoms with Gasteiger partial charge >= 0.3 is 0 Å². The molecular formula is C96H77N9. The van der Waals surface area contributed by atoms with Crippen LogP contribution >= 0.6 is 0 Å². The third kappa shape index (κ3) is 9.18. The Morgan fingerprint density at radius 2 is 0.676 bits per heavy atom. The highest BCUT2D eigenvalue weighted by Crippen LogP contribution is 2.50. The molecule has 19 aromatic rings. The third-order valence-corrected chi connectivity index (χ3v) is 22.9. The molecule has 0 saturated heterocycles. The maximum atomic E-state index is 13.6. The molecule has 0 saturated carbocycles. The zero-order chi connectivity index (χ0) is 71.5. The van der Waals surface area contributed by atoms with Crippen LogP contribution < -0.4 is 0 Å². The summed E-state index contributed by atoms with van der Waals surface area (Å²) >= 11 is 0. The molecule has 0 radical (unpaired) electrons. The van der Waals surface area contributed by atoms with Gasteiger partial charge in [-0.05, 0) is 192 Å². The molecule has 506 valence electrons. The van der Waals surface area contributed by atoms with Crippen LogP contribution in [-0.2, 0) is 21.7 Å². The summed E-state index contributed by atoms with van der Waals surface area (Å²) in [6.45, 7) is 25.5. The van der Waals surface area contributed by atoms with E-state index in [1.807, 2.05) is 0 Å². The number of aromatic nitrogens is 8. The largest absolute Gasteiger partial charge is 0.307 e. The molecule has 9 nitrogen and oxygen atoms in total. The predicted octanol–water partition coefficient (Wildman–Crippen LogP) is 24.4. The molecule has 10 heterocycles. The van der Waals surface area contributed by atoms with E-state index in [4.69, 9.17) is 9.97 Å². The molecular weight excluding hydrogens is 1280 g/mol. The number of benzene rings is 13. The van der Waals surface area contributed by atoms with Gasteiger partial charge in [-0.2, -0.15) is 5.26 Å². The molecule has 0 aliphatic carbocycles. The minimum Gasteiger partial charge on any atom is -0.307 e. The van der Waals surface area contributed by atoms with Crippen LogP contribution in [0, 0.1) is 11.3 Å². The summed E-state index contributed by atoms with van der Waals surface area (Å²) in [6.07, 6.45) is 0. The second-order valence-corrected chi connectivity index (χ2v) is 32.7. The van der Waals surface area contributed by atoms with Crippen molar-refractivity contribution >= 4 is 99.3 Å². The Hall–Kier alpha value is -12.5. The van der Waals surface area contributed by atoms with Gasteiger partial charge in [0.2, 0.25) is 11.6 Å². The lowest BCUT2D eigenvalue weighted by Crippen LogP contribution is -2.20. The number of hydrogen-bond acceptors (Lipinski definition) is 3. The van der Waals surface area contributed by atoms with Gasteiger partial charge in [0.15, 0.2) is 0 Å². The summed E-state index contributed by atoms with van der Waals surface area (Å²) in [7, 11) is 0. The summed E-state index contributed by atoms with van der Waals surface area (Å²) in [5.41, 5.74) is 28.7. The molecule has 0 unspecified atom stereocenters. The molecule has 0 N–H and O–H groups in total. The highest BCUT2D eigenvalue weighted by Gasteiger charge is 2.36.